The SMILES string of the molecule is COc1ccccc1-c1cccc2c1c(NC(C)=O)cc1ccccc12. The van der Waals surface area contributed by atoms with Gasteiger partial charge in [-0.1, -0.05) is 60.7 Å². The molecule has 3 nitrogen and oxygen atoms in total. The van der Waals surface area contributed by atoms with E-state index in [0.717, 1.165) is 44.1 Å². The molecular weight excluding hydrogens is 322 g/mol. The van der Waals surface area contributed by atoms with Crippen LogP contribution in [0.2, 0.25) is 0 Å². The van der Waals surface area contributed by atoms with Gasteiger partial charge in [0.15, 0.2) is 0 Å². The van der Waals surface area contributed by atoms with Crippen molar-refractivity contribution in [2.75, 3.05) is 12.4 Å². The summed E-state index contributed by atoms with van der Waals surface area (Å²) in [4.78, 5) is 11.8. The molecule has 4 aromatic rings. The zero-order valence-electron chi connectivity index (χ0n) is 14.7. The van der Waals surface area contributed by atoms with Gasteiger partial charge in [-0.2, -0.15) is 0 Å². The molecule has 0 aromatic heterocycles. The molecule has 0 fully saturated rings. The van der Waals surface area contributed by atoms with Gasteiger partial charge in [-0.05, 0) is 33.9 Å². The molecule has 1 amide bonds. The molecule has 4 rings (SSSR count). The van der Waals surface area contributed by atoms with Crippen LogP contribution in [0.4, 0.5) is 5.69 Å². The summed E-state index contributed by atoms with van der Waals surface area (Å²) in [5, 5.41) is 7.39. The highest BCUT2D eigenvalue weighted by Crippen LogP contribution is 2.41. The minimum absolute atomic E-state index is 0.0867. The number of fused-ring (bicyclic) bond motifs is 3. The Balaban J connectivity index is 2.15. The fourth-order valence-electron chi connectivity index (χ4n) is 3.54. The molecule has 0 bridgehead atoms. The van der Waals surface area contributed by atoms with E-state index in [1.807, 2.05) is 48.5 Å². The second-order valence-electron chi connectivity index (χ2n) is 6.25. The standard InChI is InChI=1S/C23H19NO2/c1-15(25)24-21-14-16-8-3-4-9-17(16)19-11-7-12-20(23(19)21)18-10-5-6-13-22(18)26-2/h3-14H,1-2H3,(H,24,25). The largest absolute Gasteiger partial charge is 0.496 e. The van der Waals surface area contributed by atoms with Gasteiger partial charge in [0, 0.05) is 23.6 Å². The lowest BCUT2D eigenvalue weighted by molar-refractivity contribution is -0.114. The third-order valence-corrected chi connectivity index (χ3v) is 4.59. The molecule has 4 aromatic carbocycles. The second kappa shape index (κ2) is 6.52. The third kappa shape index (κ3) is 2.68. The Morgan fingerprint density at radius 1 is 0.846 bits per heavy atom. The summed E-state index contributed by atoms with van der Waals surface area (Å²) < 4.78 is 5.57. The average Bonchev–Trinajstić information content (AvgIpc) is 2.67. The first kappa shape index (κ1) is 16.2. The first-order valence-electron chi connectivity index (χ1n) is 8.54. The van der Waals surface area contributed by atoms with Crippen molar-refractivity contribution >= 4 is 33.1 Å². The van der Waals surface area contributed by atoms with Crippen molar-refractivity contribution in [3.8, 4) is 16.9 Å². The quantitative estimate of drug-likeness (QED) is 0.491. The van der Waals surface area contributed by atoms with E-state index in [0.29, 0.717) is 0 Å². The average molecular weight is 341 g/mol. The van der Waals surface area contributed by atoms with Crippen LogP contribution in [0.15, 0.2) is 72.8 Å². The molecule has 26 heavy (non-hydrogen) atoms. The first-order chi connectivity index (χ1) is 12.7. The molecule has 3 heteroatoms. The Labute approximate surface area is 152 Å². The Hall–Kier alpha value is -3.33. The van der Waals surface area contributed by atoms with E-state index < -0.39 is 0 Å². The number of anilines is 1. The molecule has 128 valence electrons. The minimum Gasteiger partial charge on any atom is -0.496 e. The zero-order valence-corrected chi connectivity index (χ0v) is 14.7. The van der Waals surface area contributed by atoms with Gasteiger partial charge in [0.1, 0.15) is 5.75 Å². The van der Waals surface area contributed by atoms with Crippen LogP contribution in [-0.4, -0.2) is 13.0 Å². The molecule has 0 saturated heterocycles. The van der Waals surface area contributed by atoms with Crippen LogP contribution in [-0.2, 0) is 4.79 Å². The smallest absolute Gasteiger partial charge is 0.221 e. The number of hydrogen-bond donors (Lipinski definition) is 1. The fraction of sp³-hybridized carbons (Fsp3) is 0.0870. The van der Waals surface area contributed by atoms with E-state index >= 15 is 0 Å². The van der Waals surface area contributed by atoms with Crippen molar-refractivity contribution < 1.29 is 9.53 Å². The van der Waals surface area contributed by atoms with Gasteiger partial charge in [0.25, 0.3) is 0 Å². The van der Waals surface area contributed by atoms with Crippen LogP contribution in [0, 0.1) is 0 Å². The minimum atomic E-state index is -0.0867. The summed E-state index contributed by atoms with van der Waals surface area (Å²) in [5.41, 5.74) is 2.85. The maximum Gasteiger partial charge on any atom is 0.221 e. The molecule has 0 aliphatic rings. The van der Waals surface area contributed by atoms with Crippen molar-refractivity contribution in [2.45, 2.75) is 6.92 Å². The summed E-state index contributed by atoms with van der Waals surface area (Å²) in [6.45, 7) is 1.53. The summed E-state index contributed by atoms with van der Waals surface area (Å²) in [6, 6.07) is 24.4. The van der Waals surface area contributed by atoms with Crippen LogP contribution in [0.25, 0.3) is 32.7 Å². The maximum absolute atomic E-state index is 11.8. The van der Waals surface area contributed by atoms with E-state index in [4.69, 9.17) is 4.74 Å². The van der Waals surface area contributed by atoms with E-state index in [1.165, 1.54) is 6.92 Å². The first-order valence-corrected chi connectivity index (χ1v) is 8.54. The molecule has 0 heterocycles. The summed E-state index contributed by atoms with van der Waals surface area (Å²) in [6.07, 6.45) is 0. The molecule has 0 radical (unpaired) electrons. The number of benzene rings is 4. The normalized spacial score (nSPS) is 10.8. The Morgan fingerprint density at radius 2 is 1.54 bits per heavy atom. The highest BCUT2D eigenvalue weighted by Gasteiger charge is 2.15. The van der Waals surface area contributed by atoms with Gasteiger partial charge >= 0.3 is 0 Å². The van der Waals surface area contributed by atoms with E-state index in [-0.39, 0.29) is 5.91 Å². The third-order valence-electron chi connectivity index (χ3n) is 4.59. The number of carbonyl (C=O) groups excluding carboxylic acids is 1. The van der Waals surface area contributed by atoms with Crippen LogP contribution in [0.5, 0.6) is 5.75 Å². The summed E-state index contributed by atoms with van der Waals surface area (Å²) >= 11 is 0. The zero-order chi connectivity index (χ0) is 18.1. The monoisotopic (exact) mass is 341 g/mol. The predicted octanol–water partition coefficient (Wildman–Crippen LogP) is 5.63. The second-order valence-corrected chi connectivity index (χ2v) is 6.25. The number of rotatable bonds is 3. The number of hydrogen-bond acceptors (Lipinski definition) is 2. The van der Waals surface area contributed by atoms with Gasteiger partial charge in [0.05, 0.1) is 7.11 Å². The molecule has 0 aliphatic carbocycles. The van der Waals surface area contributed by atoms with Crippen molar-refractivity contribution in [1.29, 1.82) is 0 Å². The Morgan fingerprint density at radius 3 is 2.35 bits per heavy atom. The highest BCUT2D eigenvalue weighted by molar-refractivity contribution is 6.19. The van der Waals surface area contributed by atoms with Crippen LogP contribution >= 0.6 is 0 Å². The molecule has 0 aliphatic heterocycles. The predicted molar refractivity (Wildman–Crippen MR) is 108 cm³/mol. The van der Waals surface area contributed by atoms with Gasteiger partial charge in [-0.25, -0.2) is 0 Å². The van der Waals surface area contributed by atoms with Gasteiger partial charge in [-0.15, -0.1) is 0 Å². The highest BCUT2D eigenvalue weighted by atomic mass is 16.5. The van der Waals surface area contributed by atoms with Gasteiger partial charge in [-0.3, -0.25) is 4.79 Å². The fourth-order valence-corrected chi connectivity index (χ4v) is 3.54. The van der Waals surface area contributed by atoms with Crippen molar-refractivity contribution in [3.63, 3.8) is 0 Å². The number of methoxy groups -OCH3 is 1. The van der Waals surface area contributed by atoms with Gasteiger partial charge in [0.2, 0.25) is 5.91 Å². The van der Waals surface area contributed by atoms with Crippen LogP contribution < -0.4 is 10.1 Å². The van der Waals surface area contributed by atoms with Crippen LogP contribution in [0.1, 0.15) is 6.92 Å². The lowest BCUT2D eigenvalue weighted by Gasteiger charge is -2.16. The molecule has 1 N–H and O–H groups in total. The Bertz CT molecular complexity index is 1130. The number of nitrogens with one attached hydrogen (secondary N) is 1. The van der Waals surface area contributed by atoms with E-state index in [2.05, 4.69) is 29.6 Å². The van der Waals surface area contributed by atoms with Crippen molar-refractivity contribution in [1.82, 2.24) is 0 Å². The van der Waals surface area contributed by atoms with Crippen molar-refractivity contribution in [3.05, 3.63) is 72.8 Å². The summed E-state index contributed by atoms with van der Waals surface area (Å²) in [5.74, 6) is 0.721. The number of amides is 1. The summed E-state index contributed by atoms with van der Waals surface area (Å²) in [7, 11) is 1.67. The van der Waals surface area contributed by atoms with Crippen LogP contribution in [0.3, 0.4) is 0 Å². The van der Waals surface area contributed by atoms with Gasteiger partial charge < -0.3 is 10.1 Å². The lowest BCUT2D eigenvalue weighted by Crippen LogP contribution is -2.06. The molecule has 0 unspecified atom stereocenters. The number of carbonyl (C=O) groups is 1. The molecule has 0 saturated carbocycles. The number of ether oxygens (including phenoxy) is 1. The Kier molecular flexibility index (Phi) is 4.05. The molecule has 0 atom stereocenters. The lowest BCUT2D eigenvalue weighted by atomic mass is 9.93. The molecule has 0 spiro atoms. The van der Waals surface area contributed by atoms with E-state index in [1.54, 1.807) is 7.11 Å². The molecular formula is C23H19NO2. The number of para-hydroxylation sites is 1. The van der Waals surface area contributed by atoms with E-state index in [9.17, 15) is 4.79 Å². The van der Waals surface area contributed by atoms with Crippen molar-refractivity contribution in [2.24, 2.45) is 0 Å². The topological polar surface area (TPSA) is 38.3 Å². The maximum atomic E-state index is 11.8.